The fraction of sp³-hybridized carbons (Fsp3) is 0.667. The van der Waals surface area contributed by atoms with Gasteiger partial charge in [-0.05, 0) is 50.8 Å². The Morgan fingerprint density at radius 3 is 2.76 bits per heavy atom. The van der Waals surface area contributed by atoms with E-state index >= 15 is 0 Å². The van der Waals surface area contributed by atoms with Gasteiger partial charge in [-0.25, -0.2) is 0 Å². The Kier molecular flexibility index (Phi) is 7.08. The summed E-state index contributed by atoms with van der Waals surface area (Å²) in [5, 5.41) is 4.51. The quantitative estimate of drug-likeness (QED) is 0.813. The van der Waals surface area contributed by atoms with Crippen molar-refractivity contribution < 1.29 is 4.74 Å². The molecular formula is C18H29NOS. The Morgan fingerprint density at radius 2 is 2.05 bits per heavy atom. The maximum Gasteiger partial charge on any atom is 0.0476 e. The molecule has 118 valence electrons. The Morgan fingerprint density at radius 1 is 1.29 bits per heavy atom. The lowest BCUT2D eigenvalue weighted by atomic mass is 10.00. The SMILES string of the molecule is CCCNC(CSC1CCOCC1)c1cc(C)ccc1C. The summed E-state index contributed by atoms with van der Waals surface area (Å²) in [5.41, 5.74) is 4.24. The molecule has 3 heteroatoms. The van der Waals surface area contributed by atoms with Crippen LogP contribution in [0.15, 0.2) is 18.2 Å². The van der Waals surface area contributed by atoms with E-state index in [1.807, 2.05) is 0 Å². The van der Waals surface area contributed by atoms with Crippen molar-refractivity contribution in [2.45, 2.75) is 51.3 Å². The fourth-order valence-electron chi connectivity index (χ4n) is 2.79. The topological polar surface area (TPSA) is 21.3 Å². The first-order chi connectivity index (χ1) is 10.2. The van der Waals surface area contributed by atoms with Crippen molar-refractivity contribution in [3.8, 4) is 0 Å². The number of hydrogen-bond acceptors (Lipinski definition) is 3. The molecule has 0 spiro atoms. The van der Waals surface area contributed by atoms with E-state index < -0.39 is 0 Å². The van der Waals surface area contributed by atoms with Crippen molar-refractivity contribution in [3.63, 3.8) is 0 Å². The predicted molar refractivity (Wildman–Crippen MR) is 93.2 cm³/mol. The zero-order valence-electron chi connectivity index (χ0n) is 13.7. The number of ether oxygens (including phenoxy) is 1. The summed E-state index contributed by atoms with van der Waals surface area (Å²) in [6, 6.07) is 7.29. The summed E-state index contributed by atoms with van der Waals surface area (Å²) in [4.78, 5) is 0. The van der Waals surface area contributed by atoms with Crippen LogP contribution in [-0.4, -0.2) is 30.8 Å². The van der Waals surface area contributed by atoms with Gasteiger partial charge in [0.1, 0.15) is 0 Å². The molecule has 1 aliphatic heterocycles. The summed E-state index contributed by atoms with van der Waals surface area (Å²) in [6.07, 6.45) is 3.60. The lowest BCUT2D eigenvalue weighted by molar-refractivity contribution is 0.1000. The van der Waals surface area contributed by atoms with Crippen LogP contribution in [0.5, 0.6) is 0 Å². The van der Waals surface area contributed by atoms with Gasteiger partial charge in [-0.15, -0.1) is 0 Å². The van der Waals surface area contributed by atoms with Gasteiger partial charge in [-0.2, -0.15) is 11.8 Å². The van der Waals surface area contributed by atoms with E-state index in [1.165, 1.54) is 36.0 Å². The number of aryl methyl sites for hydroxylation is 2. The van der Waals surface area contributed by atoms with Crippen LogP contribution in [-0.2, 0) is 4.74 Å². The normalized spacial score (nSPS) is 17.9. The van der Waals surface area contributed by atoms with E-state index in [9.17, 15) is 0 Å². The molecule has 21 heavy (non-hydrogen) atoms. The highest BCUT2D eigenvalue weighted by molar-refractivity contribution is 7.99. The van der Waals surface area contributed by atoms with Crippen LogP contribution in [0.1, 0.15) is 48.9 Å². The largest absolute Gasteiger partial charge is 0.381 e. The molecule has 1 N–H and O–H groups in total. The molecule has 1 saturated heterocycles. The average Bonchev–Trinajstić information content (AvgIpc) is 2.51. The molecule has 0 aliphatic carbocycles. The third-order valence-electron chi connectivity index (χ3n) is 4.12. The van der Waals surface area contributed by atoms with Crippen LogP contribution < -0.4 is 5.32 Å². The molecule has 1 unspecified atom stereocenters. The number of benzene rings is 1. The second-order valence-electron chi connectivity index (χ2n) is 6.01. The average molecular weight is 308 g/mol. The second kappa shape index (κ2) is 8.82. The maximum absolute atomic E-state index is 5.46. The highest BCUT2D eigenvalue weighted by Gasteiger charge is 2.19. The minimum atomic E-state index is 0.470. The zero-order chi connectivity index (χ0) is 15.1. The van der Waals surface area contributed by atoms with Crippen molar-refractivity contribution in [2.75, 3.05) is 25.5 Å². The Balaban J connectivity index is 2.00. The summed E-state index contributed by atoms with van der Waals surface area (Å²) in [7, 11) is 0. The molecule has 1 atom stereocenters. The highest BCUT2D eigenvalue weighted by Crippen LogP contribution is 2.28. The molecule has 1 aliphatic rings. The fourth-order valence-corrected chi connectivity index (χ4v) is 4.08. The molecule has 2 nitrogen and oxygen atoms in total. The molecule has 0 bridgehead atoms. The van der Waals surface area contributed by atoms with Crippen molar-refractivity contribution in [2.24, 2.45) is 0 Å². The lowest BCUT2D eigenvalue weighted by Crippen LogP contribution is -2.27. The molecule has 0 saturated carbocycles. The van der Waals surface area contributed by atoms with Gasteiger partial charge in [0.25, 0.3) is 0 Å². The molecule has 1 aromatic rings. The van der Waals surface area contributed by atoms with Crippen molar-refractivity contribution in [1.29, 1.82) is 0 Å². The molecule has 1 fully saturated rings. The Labute approximate surface area is 134 Å². The van der Waals surface area contributed by atoms with E-state index in [1.54, 1.807) is 0 Å². The van der Waals surface area contributed by atoms with Crippen LogP contribution in [0, 0.1) is 13.8 Å². The van der Waals surface area contributed by atoms with E-state index in [0.29, 0.717) is 6.04 Å². The molecule has 2 rings (SSSR count). The Bertz CT molecular complexity index is 429. The summed E-state index contributed by atoms with van der Waals surface area (Å²) >= 11 is 2.12. The van der Waals surface area contributed by atoms with Gasteiger partial charge in [0.2, 0.25) is 0 Å². The van der Waals surface area contributed by atoms with Crippen molar-refractivity contribution in [3.05, 3.63) is 34.9 Å². The molecule has 1 heterocycles. The van der Waals surface area contributed by atoms with Gasteiger partial charge in [0, 0.05) is 30.3 Å². The summed E-state index contributed by atoms with van der Waals surface area (Å²) < 4.78 is 5.46. The van der Waals surface area contributed by atoms with Crippen molar-refractivity contribution in [1.82, 2.24) is 5.32 Å². The van der Waals surface area contributed by atoms with Gasteiger partial charge < -0.3 is 10.1 Å². The van der Waals surface area contributed by atoms with Crippen LogP contribution >= 0.6 is 11.8 Å². The van der Waals surface area contributed by atoms with Gasteiger partial charge in [-0.3, -0.25) is 0 Å². The van der Waals surface area contributed by atoms with Gasteiger partial charge in [-0.1, -0.05) is 30.7 Å². The monoisotopic (exact) mass is 307 g/mol. The van der Waals surface area contributed by atoms with Crippen LogP contribution in [0.25, 0.3) is 0 Å². The highest BCUT2D eigenvalue weighted by atomic mass is 32.2. The standard InChI is InChI=1S/C18H29NOS/c1-4-9-19-18(13-21-16-7-10-20-11-8-16)17-12-14(2)5-6-15(17)3/h5-6,12,16,18-19H,4,7-11,13H2,1-3H3. The Hall–Kier alpha value is -0.510. The van der Waals surface area contributed by atoms with Crippen LogP contribution in [0.3, 0.4) is 0 Å². The van der Waals surface area contributed by atoms with Gasteiger partial charge in [0.05, 0.1) is 0 Å². The van der Waals surface area contributed by atoms with Gasteiger partial charge >= 0.3 is 0 Å². The first-order valence-electron chi connectivity index (χ1n) is 8.20. The van der Waals surface area contributed by atoms with E-state index in [-0.39, 0.29) is 0 Å². The molecule has 0 aromatic heterocycles. The van der Waals surface area contributed by atoms with Crippen LogP contribution in [0.4, 0.5) is 0 Å². The van der Waals surface area contributed by atoms with Crippen molar-refractivity contribution >= 4 is 11.8 Å². The second-order valence-corrected chi connectivity index (χ2v) is 7.35. The first-order valence-corrected chi connectivity index (χ1v) is 9.25. The molecule has 0 radical (unpaired) electrons. The first kappa shape index (κ1) is 16.9. The maximum atomic E-state index is 5.46. The minimum Gasteiger partial charge on any atom is -0.381 e. The molecule has 1 aromatic carbocycles. The lowest BCUT2D eigenvalue weighted by Gasteiger charge is -2.26. The predicted octanol–water partition coefficient (Wildman–Crippen LogP) is 4.26. The third-order valence-corrected chi connectivity index (χ3v) is 5.59. The summed E-state index contributed by atoms with van der Waals surface area (Å²) in [5.74, 6) is 1.16. The number of rotatable bonds is 7. The minimum absolute atomic E-state index is 0.470. The van der Waals surface area contributed by atoms with E-state index in [2.05, 4.69) is 56.0 Å². The number of hydrogen-bond donors (Lipinski definition) is 1. The number of thioether (sulfide) groups is 1. The van der Waals surface area contributed by atoms with E-state index in [4.69, 9.17) is 4.74 Å². The third kappa shape index (κ3) is 5.32. The number of nitrogens with one attached hydrogen (secondary N) is 1. The summed E-state index contributed by atoms with van der Waals surface area (Å²) in [6.45, 7) is 9.62. The smallest absolute Gasteiger partial charge is 0.0476 e. The zero-order valence-corrected chi connectivity index (χ0v) is 14.5. The van der Waals surface area contributed by atoms with Crippen LogP contribution in [0.2, 0.25) is 0 Å². The molecular weight excluding hydrogens is 278 g/mol. The molecule has 0 amide bonds. The van der Waals surface area contributed by atoms with Gasteiger partial charge in [0.15, 0.2) is 0 Å². The van der Waals surface area contributed by atoms with E-state index in [0.717, 1.165) is 30.8 Å².